The van der Waals surface area contributed by atoms with Gasteiger partial charge >= 0.3 is 0 Å². The maximum absolute atomic E-state index is 3.47. The molecule has 0 spiro atoms. The lowest BCUT2D eigenvalue weighted by atomic mass is 9.58. The number of hydrogen-bond acceptors (Lipinski definition) is 2. The van der Waals surface area contributed by atoms with Crippen molar-refractivity contribution in [1.82, 2.24) is 10.2 Å². The maximum Gasteiger partial charge on any atom is 0.00718 e. The minimum Gasteiger partial charge on any atom is -0.315 e. The lowest BCUT2D eigenvalue weighted by molar-refractivity contribution is -0.0192. The molecule has 2 heteroatoms. The third-order valence-electron chi connectivity index (χ3n) is 5.35. The summed E-state index contributed by atoms with van der Waals surface area (Å²) in [5.41, 5.74) is 0.953. The van der Waals surface area contributed by atoms with E-state index in [-0.39, 0.29) is 0 Å². The average Bonchev–Trinajstić information content (AvgIpc) is 2.13. The summed E-state index contributed by atoms with van der Waals surface area (Å²) < 4.78 is 0. The molecular formula is C15H32N2. The average molecular weight is 240 g/mol. The van der Waals surface area contributed by atoms with Gasteiger partial charge < -0.3 is 10.2 Å². The Bertz CT molecular complexity index is 236. The first-order chi connectivity index (χ1) is 7.76. The first kappa shape index (κ1) is 15.0. The maximum atomic E-state index is 3.47. The molecule has 1 fully saturated rings. The van der Waals surface area contributed by atoms with Crippen LogP contribution in [0.4, 0.5) is 0 Å². The van der Waals surface area contributed by atoms with E-state index in [4.69, 9.17) is 0 Å². The highest BCUT2D eigenvalue weighted by atomic mass is 15.1. The lowest BCUT2D eigenvalue weighted by Gasteiger charge is -2.55. The van der Waals surface area contributed by atoms with Gasteiger partial charge in [0.25, 0.3) is 0 Å². The highest BCUT2D eigenvalue weighted by Crippen LogP contribution is 2.48. The second kappa shape index (κ2) is 5.27. The second-order valence-corrected chi connectivity index (χ2v) is 6.93. The number of nitrogens with one attached hydrogen (secondary N) is 1. The van der Waals surface area contributed by atoms with Crippen molar-refractivity contribution in [3.8, 4) is 0 Å². The van der Waals surface area contributed by atoms with Gasteiger partial charge in [-0.25, -0.2) is 0 Å². The van der Waals surface area contributed by atoms with Crippen LogP contribution in [0.3, 0.4) is 0 Å². The van der Waals surface area contributed by atoms with Crippen LogP contribution in [-0.2, 0) is 0 Å². The van der Waals surface area contributed by atoms with Crippen molar-refractivity contribution in [2.24, 2.45) is 10.8 Å². The van der Waals surface area contributed by atoms with Crippen LogP contribution >= 0.6 is 0 Å². The van der Waals surface area contributed by atoms with Crippen LogP contribution in [0.25, 0.3) is 0 Å². The van der Waals surface area contributed by atoms with Crippen LogP contribution in [0.5, 0.6) is 0 Å². The normalized spacial score (nSPS) is 21.7. The first-order valence-corrected chi connectivity index (χ1v) is 7.18. The van der Waals surface area contributed by atoms with Gasteiger partial charge in [-0.3, -0.25) is 0 Å². The van der Waals surface area contributed by atoms with Gasteiger partial charge in [0.05, 0.1) is 0 Å². The summed E-state index contributed by atoms with van der Waals surface area (Å²) in [6, 6.07) is 1.30. The quantitative estimate of drug-likeness (QED) is 0.767. The summed E-state index contributed by atoms with van der Waals surface area (Å²) in [6.45, 7) is 16.6. The molecule has 1 aliphatic rings. The Balaban J connectivity index is 2.65. The molecule has 1 aliphatic heterocycles. The van der Waals surface area contributed by atoms with E-state index in [9.17, 15) is 0 Å². The van der Waals surface area contributed by atoms with Crippen molar-refractivity contribution in [1.29, 1.82) is 0 Å². The fourth-order valence-electron chi connectivity index (χ4n) is 3.24. The van der Waals surface area contributed by atoms with E-state index in [1.165, 1.54) is 25.9 Å². The molecule has 0 radical (unpaired) electrons. The van der Waals surface area contributed by atoms with Crippen molar-refractivity contribution in [2.45, 2.75) is 66.5 Å². The zero-order valence-electron chi connectivity index (χ0n) is 12.9. The molecule has 1 N–H and O–H groups in total. The van der Waals surface area contributed by atoms with Crippen molar-refractivity contribution < 1.29 is 0 Å². The highest BCUT2D eigenvalue weighted by Gasteiger charge is 2.48. The van der Waals surface area contributed by atoms with E-state index in [1.807, 2.05) is 0 Å². The molecule has 0 saturated carbocycles. The van der Waals surface area contributed by atoms with Gasteiger partial charge in [-0.1, -0.05) is 20.8 Å². The number of nitrogens with zero attached hydrogens (tertiary/aromatic N) is 1. The molecule has 0 amide bonds. The van der Waals surface area contributed by atoms with E-state index in [1.54, 1.807) is 0 Å². The smallest absolute Gasteiger partial charge is 0.00718 e. The van der Waals surface area contributed by atoms with E-state index < -0.39 is 0 Å². The largest absolute Gasteiger partial charge is 0.315 e. The summed E-state index contributed by atoms with van der Waals surface area (Å²) in [5.74, 6) is 0. The molecule has 0 bridgehead atoms. The van der Waals surface area contributed by atoms with Crippen molar-refractivity contribution in [3.05, 3.63) is 0 Å². The Kier molecular flexibility index (Phi) is 4.65. The third kappa shape index (κ3) is 2.85. The molecule has 17 heavy (non-hydrogen) atoms. The monoisotopic (exact) mass is 240 g/mol. The predicted molar refractivity (Wildman–Crippen MR) is 76.4 cm³/mol. The van der Waals surface area contributed by atoms with Crippen LogP contribution < -0.4 is 5.32 Å². The molecule has 1 atom stereocenters. The van der Waals surface area contributed by atoms with Crippen LogP contribution in [0.2, 0.25) is 0 Å². The molecule has 0 aromatic carbocycles. The van der Waals surface area contributed by atoms with E-state index in [0.29, 0.717) is 22.9 Å². The minimum atomic E-state index is 0.426. The molecule has 102 valence electrons. The van der Waals surface area contributed by atoms with Crippen LogP contribution in [0.15, 0.2) is 0 Å². The van der Waals surface area contributed by atoms with Crippen LogP contribution in [-0.4, -0.2) is 37.1 Å². The zero-order valence-corrected chi connectivity index (χ0v) is 12.9. The molecule has 1 saturated heterocycles. The van der Waals surface area contributed by atoms with Crippen molar-refractivity contribution in [2.75, 3.05) is 20.1 Å². The topological polar surface area (TPSA) is 15.3 Å². The molecule has 0 aromatic rings. The summed E-state index contributed by atoms with van der Waals surface area (Å²) in [7, 11) is 2.25. The fourth-order valence-corrected chi connectivity index (χ4v) is 3.24. The van der Waals surface area contributed by atoms with Gasteiger partial charge in [0.15, 0.2) is 0 Å². The summed E-state index contributed by atoms with van der Waals surface area (Å²) in [6.07, 6.45) is 2.59. The Labute approximate surface area is 108 Å². The van der Waals surface area contributed by atoms with Gasteiger partial charge in [-0.05, 0) is 46.1 Å². The van der Waals surface area contributed by atoms with E-state index >= 15 is 0 Å². The Morgan fingerprint density at radius 1 is 1.24 bits per heavy atom. The molecule has 0 aliphatic carbocycles. The van der Waals surface area contributed by atoms with E-state index in [2.05, 4.69) is 58.8 Å². The summed E-state index contributed by atoms with van der Waals surface area (Å²) in [5, 5.41) is 3.47. The fraction of sp³-hybridized carbons (Fsp3) is 1.00. The summed E-state index contributed by atoms with van der Waals surface area (Å²) in [4.78, 5) is 2.50. The van der Waals surface area contributed by atoms with E-state index in [0.717, 1.165) is 0 Å². The SMILES string of the molecule is CCC1(C(C)(C)CC(C)N(C)C(C)C)CNC1. The molecule has 1 heterocycles. The first-order valence-electron chi connectivity index (χ1n) is 7.18. The number of hydrogen-bond donors (Lipinski definition) is 1. The standard InChI is InChI=1S/C15H32N2/c1-8-15(10-16-11-15)14(5,6)9-13(4)17(7)12(2)3/h12-13,16H,8-11H2,1-7H3. The zero-order chi connectivity index (χ0) is 13.3. The number of rotatable bonds is 6. The van der Waals surface area contributed by atoms with Crippen molar-refractivity contribution >= 4 is 0 Å². The van der Waals surface area contributed by atoms with Gasteiger partial charge in [0, 0.05) is 30.6 Å². The molecular weight excluding hydrogens is 208 g/mol. The predicted octanol–water partition coefficient (Wildman–Crippen LogP) is 3.13. The highest BCUT2D eigenvalue weighted by molar-refractivity contribution is 5.02. The minimum absolute atomic E-state index is 0.426. The summed E-state index contributed by atoms with van der Waals surface area (Å²) >= 11 is 0. The van der Waals surface area contributed by atoms with Crippen molar-refractivity contribution in [3.63, 3.8) is 0 Å². The lowest BCUT2D eigenvalue weighted by Crippen LogP contribution is -2.61. The van der Waals surface area contributed by atoms with Crippen LogP contribution in [0.1, 0.15) is 54.4 Å². The molecule has 0 aromatic heterocycles. The van der Waals surface area contributed by atoms with Gasteiger partial charge in [-0.15, -0.1) is 0 Å². The van der Waals surface area contributed by atoms with Gasteiger partial charge in [0.2, 0.25) is 0 Å². The molecule has 1 unspecified atom stereocenters. The van der Waals surface area contributed by atoms with Gasteiger partial charge in [-0.2, -0.15) is 0 Å². The van der Waals surface area contributed by atoms with Gasteiger partial charge in [0.1, 0.15) is 0 Å². The Hall–Kier alpha value is -0.0800. The molecule has 1 rings (SSSR count). The Morgan fingerprint density at radius 3 is 2.06 bits per heavy atom. The van der Waals surface area contributed by atoms with Crippen LogP contribution in [0, 0.1) is 10.8 Å². The second-order valence-electron chi connectivity index (χ2n) is 6.93. The third-order valence-corrected chi connectivity index (χ3v) is 5.35. The Morgan fingerprint density at radius 2 is 1.76 bits per heavy atom. The molecule has 2 nitrogen and oxygen atoms in total.